The first-order valence-corrected chi connectivity index (χ1v) is 7.87. The number of hydrogen-bond acceptors (Lipinski definition) is 4. The van der Waals surface area contributed by atoms with E-state index in [2.05, 4.69) is 5.32 Å². The van der Waals surface area contributed by atoms with Gasteiger partial charge < -0.3 is 10.1 Å². The van der Waals surface area contributed by atoms with Crippen LogP contribution < -0.4 is 10.1 Å². The molecule has 0 aromatic heterocycles. The molecule has 1 aliphatic heterocycles. The SMILES string of the molecule is COc1cccc(NC(=O)CCCCCN2C(=O)CCC2=O)c1. The fourth-order valence-electron chi connectivity index (χ4n) is 2.53. The summed E-state index contributed by atoms with van der Waals surface area (Å²) in [5, 5.41) is 2.83. The molecule has 1 aliphatic rings. The van der Waals surface area contributed by atoms with E-state index < -0.39 is 0 Å². The number of likely N-dealkylation sites (tertiary alicyclic amines) is 1. The molecule has 0 spiro atoms. The fourth-order valence-corrected chi connectivity index (χ4v) is 2.53. The Kier molecular flexibility index (Phi) is 6.14. The largest absolute Gasteiger partial charge is 0.497 e. The van der Waals surface area contributed by atoms with E-state index in [1.807, 2.05) is 18.2 Å². The van der Waals surface area contributed by atoms with Crippen molar-refractivity contribution in [3.05, 3.63) is 24.3 Å². The van der Waals surface area contributed by atoms with Crippen LogP contribution in [0.4, 0.5) is 5.69 Å². The van der Waals surface area contributed by atoms with Gasteiger partial charge in [0.15, 0.2) is 0 Å². The Morgan fingerprint density at radius 2 is 1.91 bits per heavy atom. The Morgan fingerprint density at radius 3 is 2.61 bits per heavy atom. The summed E-state index contributed by atoms with van der Waals surface area (Å²) in [7, 11) is 1.58. The lowest BCUT2D eigenvalue weighted by Crippen LogP contribution is -2.29. The maximum Gasteiger partial charge on any atom is 0.229 e. The van der Waals surface area contributed by atoms with E-state index in [4.69, 9.17) is 4.74 Å². The van der Waals surface area contributed by atoms with Crippen molar-refractivity contribution >= 4 is 23.4 Å². The number of unbranched alkanes of at least 4 members (excludes halogenated alkanes) is 2. The number of ether oxygens (including phenoxy) is 1. The number of carbonyl (C=O) groups is 3. The van der Waals surface area contributed by atoms with Gasteiger partial charge in [0.2, 0.25) is 17.7 Å². The maximum absolute atomic E-state index is 11.9. The fraction of sp³-hybridized carbons (Fsp3) is 0.471. The molecule has 23 heavy (non-hydrogen) atoms. The van der Waals surface area contributed by atoms with Gasteiger partial charge in [0.05, 0.1) is 7.11 Å². The molecule has 1 aromatic carbocycles. The van der Waals surface area contributed by atoms with Crippen LogP contribution in [0.25, 0.3) is 0 Å². The summed E-state index contributed by atoms with van der Waals surface area (Å²) in [4.78, 5) is 36.1. The molecular formula is C17H22N2O4. The molecule has 1 saturated heterocycles. The molecule has 1 N–H and O–H groups in total. The highest BCUT2D eigenvalue weighted by Crippen LogP contribution is 2.17. The Morgan fingerprint density at radius 1 is 1.17 bits per heavy atom. The predicted molar refractivity (Wildman–Crippen MR) is 86.0 cm³/mol. The number of amides is 3. The highest BCUT2D eigenvalue weighted by Gasteiger charge is 2.27. The van der Waals surface area contributed by atoms with E-state index in [0.717, 1.165) is 19.3 Å². The van der Waals surface area contributed by atoms with Crippen LogP contribution in [0.2, 0.25) is 0 Å². The van der Waals surface area contributed by atoms with Gasteiger partial charge in [-0.05, 0) is 25.0 Å². The summed E-state index contributed by atoms with van der Waals surface area (Å²) in [5.74, 6) is 0.492. The van der Waals surface area contributed by atoms with Crippen LogP contribution >= 0.6 is 0 Å². The monoisotopic (exact) mass is 318 g/mol. The van der Waals surface area contributed by atoms with Gasteiger partial charge in [-0.1, -0.05) is 12.5 Å². The number of benzene rings is 1. The van der Waals surface area contributed by atoms with Gasteiger partial charge in [-0.15, -0.1) is 0 Å². The number of methoxy groups -OCH3 is 1. The standard InChI is InChI=1S/C17H22N2O4/c1-23-14-7-5-6-13(12-14)18-15(20)8-3-2-4-11-19-16(21)9-10-17(19)22/h5-7,12H,2-4,8-11H2,1H3,(H,18,20). The number of nitrogens with one attached hydrogen (secondary N) is 1. The minimum Gasteiger partial charge on any atom is -0.497 e. The summed E-state index contributed by atoms with van der Waals surface area (Å²) in [6, 6.07) is 7.21. The average molecular weight is 318 g/mol. The summed E-state index contributed by atoms with van der Waals surface area (Å²) in [6.45, 7) is 0.467. The van der Waals surface area contributed by atoms with Crippen molar-refractivity contribution in [1.82, 2.24) is 4.90 Å². The lowest BCUT2D eigenvalue weighted by atomic mass is 10.1. The lowest BCUT2D eigenvalue weighted by molar-refractivity contribution is -0.138. The highest BCUT2D eigenvalue weighted by molar-refractivity contribution is 6.01. The van der Waals surface area contributed by atoms with Gasteiger partial charge in [-0.25, -0.2) is 0 Å². The van der Waals surface area contributed by atoms with Crippen molar-refractivity contribution < 1.29 is 19.1 Å². The Labute approximate surface area is 135 Å². The molecule has 0 aliphatic carbocycles. The molecule has 0 bridgehead atoms. The van der Waals surface area contributed by atoms with E-state index >= 15 is 0 Å². The summed E-state index contributed by atoms with van der Waals surface area (Å²) in [5.41, 5.74) is 0.711. The van der Waals surface area contributed by atoms with Gasteiger partial charge in [0, 0.05) is 37.6 Å². The third-order valence-corrected chi connectivity index (χ3v) is 3.79. The highest BCUT2D eigenvalue weighted by atomic mass is 16.5. The normalized spacial score (nSPS) is 14.2. The topological polar surface area (TPSA) is 75.7 Å². The second kappa shape index (κ2) is 8.31. The number of nitrogens with zero attached hydrogens (tertiary/aromatic N) is 1. The van der Waals surface area contributed by atoms with Gasteiger partial charge in [0.25, 0.3) is 0 Å². The van der Waals surface area contributed by atoms with Crippen molar-refractivity contribution in [2.45, 2.75) is 38.5 Å². The molecule has 6 nitrogen and oxygen atoms in total. The molecule has 0 atom stereocenters. The van der Waals surface area contributed by atoms with Crippen molar-refractivity contribution in [2.24, 2.45) is 0 Å². The van der Waals surface area contributed by atoms with Crippen molar-refractivity contribution in [2.75, 3.05) is 19.0 Å². The summed E-state index contributed by atoms with van der Waals surface area (Å²) < 4.78 is 5.10. The van der Waals surface area contributed by atoms with E-state index in [1.165, 1.54) is 4.90 Å². The zero-order chi connectivity index (χ0) is 16.7. The molecule has 2 rings (SSSR count). The minimum absolute atomic E-state index is 0.0495. The quantitative estimate of drug-likeness (QED) is 0.589. The Balaban J connectivity index is 1.63. The van der Waals surface area contributed by atoms with Crippen LogP contribution in [0.3, 0.4) is 0 Å². The van der Waals surface area contributed by atoms with Crippen LogP contribution in [0.15, 0.2) is 24.3 Å². The molecule has 0 unspecified atom stereocenters. The molecule has 1 fully saturated rings. The molecular weight excluding hydrogens is 296 g/mol. The molecule has 3 amide bonds. The number of anilines is 1. The van der Waals surface area contributed by atoms with Gasteiger partial charge in [0.1, 0.15) is 5.75 Å². The average Bonchev–Trinajstić information content (AvgIpc) is 2.86. The first kappa shape index (κ1) is 17.0. The zero-order valence-electron chi connectivity index (χ0n) is 13.3. The molecule has 1 heterocycles. The van der Waals surface area contributed by atoms with E-state index in [-0.39, 0.29) is 17.7 Å². The van der Waals surface area contributed by atoms with Crippen molar-refractivity contribution in [1.29, 1.82) is 0 Å². The number of imide groups is 1. The molecule has 124 valence electrons. The van der Waals surface area contributed by atoms with Crippen LogP contribution in [0.1, 0.15) is 38.5 Å². The minimum atomic E-state index is -0.0780. The smallest absolute Gasteiger partial charge is 0.229 e. The molecule has 0 radical (unpaired) electrons. The summed E-state index contributed by atoms with van der Waals surface area (Å²) >= 11 is 0. The van der Waals surface area contributed by atoms with Gasteiger partial charge >= 0.3 is 0 Å². The second-order valence-electron chi connectivity index (χ2n) is 5.53. The van der Waals surface area contributed by atoms with E-state index in [0.29, 0.717) is 37.2 Å². The lowest BCUT2D eigenvalue weighted by Gasteiger charge is -2.13. The van der Waals surface area contributed by atoms with E-state index in [1.54, 1.807) is 13.2 Å². The van der Waals surface area contributed by atoms with Crippen molar-refractivity contribution in [3.8, 4) is 5.75 Å². The third kappa shape index (κ3) is 5.09. The van der Waals surface area contributed by atoms with Crippen LogP contribution in [-0.2, 0) is 14.4 Å². The number of carbonyl (C=O) groups excluding carboxylic acids is 3. The van der Waals surface area contributed by atoms with Crippen LogP contribution in [0.5, 0.6) is 5.75 Å². The number of rotatable bonds is 8. The predicted octanol–water partition coefficient (Wildman–Crippen LogP) is 2.34. The van der Waals surface area contributed by atoms with Gasteiger partial charge in [-0.2, -0.15) is 0 Å². The Bertz CT molecular complexity index is 570. The zero-order valence-corrected chi connectivity index (χ0v) is 13.3. The first-order chi connectivity index (χ1) is 11.1. The molecule has 0 saturated carbocycles. The summed E-state index contributed by atoms with van der Waals surface area (Å²) in [6.07, 6.45) is 3.36. The second-order valence-corrected chi connectivity index (χ2v) is 5.53. The molecule has 1 aromatic rings. The van der Waals surface area contributed by atoms with Gasteiger partial charge in [-0.3, -0.25) is 19.3 Å². The van der Waals surface area contributed by atoms with Crippen LogP contribution in [-0.4, -0.2) is 36.3 Å². The van der Waals surface area contributed by atoms with Crippen molar-refractivity contribution in [3.63, 3.8) is 0 Å². The Hall–Kier alpha value is -2.37. The van der Waals surface area contributed by atoms with E-state index in [9.17, 15) is 14.4 Å². The maximum atomic E-state index is 11.9. The van der Waals surface area contributed by atoms with Crippen LogP contribution in [0, 0.1) is 0 Å². The first-order valence-electron chi connectivity index (χ1n) is 7.87. The number of hydrogen-bond donors (Lipinski definition) is 1. The third-order valence-electron chi connectivity index (χ3n) is 3.79. The molecule has 6 heteroatoms.